The molecule has 1 aliphatic rings. The Hall–Kier alpha value is -0.0800. The second kappa shape index (κ2) is 4.24. The average Bonchev–Trinajstić information content (AvgIpc) is 1.82. The fourth-order valence-electron chi connectivity index (χ4n) is 1.55. The van der Waals surface area contributed by atoms with Gasteiger partial charge in [-0.2, -0.15) is 0 Å². The standard InChI is InChI=1S/C10H22N2/c1-4-12-10(2,3)8-11-9-6-5-7-9/h9,11-12H,4-8H2,1-3H3. The van der Waals surface area contributed by atoms with Crippen LogP contribution in [-0.2, 0) is 0 Å². The molecule has 0 aromatic heterocycles. The highest BCUT2D eigenvalue weighted by atomic mass is 15.0. The molecule has 12 heavy (non-hydrogen) atoms. The van der Waals surface area contributed by atoms with Crippen LogP contribution in [-0.4, -0.2) is 24.7 Å². The summed E-state index contributed by atoms with van der Waals surface area (Å²) in [4.78, 5) is 0. The molecule has 0 heterocycles. The van der Waals surface area contributed by atoms with Crippen LogP contribution >= 0.6 is 0 Å². The molecular weight excluding hydrogens is 148 g/mol. The second-order valence-corrected chi connectivity index (χ2v) is 4.42. The Morgan fingerprint density at radius 3 is 2.42 bits per heavy atom. The summed E-state index contributed by atoms with van der Waals surface area (Å²) in [6.07, 6.45) is 4.17. The van der Waals surface area contributed by atoms with E-state index in [2.05, 4.69) is 31.4 Å². The summed E-state index contributed by atoms with van der Waals surface area (Å²) in [5.74, 6) is 0. The first-order valence-electron chi connectivity index (χ1n) is 5.12. The first kappa shape index (κ1) is 10.0. The van der Waals surface area contributed by atoms with Gasteiger partial charge in [0.2, 0.25) is 0 Å². The fourth-order valence-corrected chi connectivity index (χ4v) is 1.55. The van der Waals surface area contributed by atoms with Crippen molar-refractivity contribution in [3.8, 4) is 0 Å². The molecule has 0 bridgehead atoms. The summed E-state index contributed by atoms with van der Waals surface area (Å²) in [6, 6.07) is 0.808. The quantitative estimate of drug-likeness (QED) is 0.653. The smallest absolute Gasteiger partial charge is 0.0249 e. The predicted molar refractivity (Wildman–Crippen MR) is 53.4 cm³/mol. The summed E-state index contributed by atoms with van der Waals surface area (Å²) in [6.45, 7) is 8.81. The van der Waals surface area contributed by atoms with E-state index >= 15 is 0 Å². The van der Waals surface area contributed by atoms with Gasteiger partial charge in [-0.15, -0.1) is 0 Å². The van der Waals surface area contributed by atoms with Gasteiger partial charge in [0, 0.05) is 18.1 Å². The molecule has 0 amide bonds. The maximum absolute atomic E-state index is 3.58. The minimum atomic E-state index is 0.254. The SMILES string of the molecule is CCNC(C)(C)CNC1CCC1. The molecule has 72 valence electrons. The van der Waals surface area contributed by atoms with Crippen LogP contribution in [0.3, 0.4) is 0 Å². The van der Waals surface area contributed by atoms with Crippen molar-refractivity contribution >= 4 is 0 Å². The lowest BCUT2D eigenvalue weighted by Crippen LogP contribution is -2.51. The Bertz CT molecular complexity index is 128. The van der Waals surface area contributed by atoms with E-state index in [0.717, 1.165) is 19.1 Å². The van der Waals surface area contributed by atoms with Crippen LogP contribution in [0.15, 0.2) is 0 Å². The van der Waals surface area contributed by atoms with E-state index in [-0.39, 0.29) is 5.54 Å². The molecule has 0 atom stereocenters. The van der Waals surface area contributed by atoms with Gasteiger partial charge in [0.15, 0.2) is 0 Å². The summed E-state index contributed by atoms with van der Waals surface area (Å²) >= 11 is 0. The van der Waals surface area contributed by atoms with E-state index < -0.39 is 0 Å². The van der Waals surface area contributed by atoms with Gasteiger partial charge in [0.25, 0.3) is 0 Å². The number of hydrogen-bond acceptors (Lipinski definition) is 2. The van der Waals surface area contributed by atoms with Crippen molar-refractivity contribution < 1.29 is 0 Å². The van der Waals surface area contributed by atoms with Gasteiger partial charge in [-0.1, -0.05) is 13.3 Å². The highest BCUT2D eigenvalue weighted by Gasteiger charge is 2.21. The van der Waals surface area contributed by atoms with E-state index in [9.17, 15) is 0 Å². The summed E-state index contributed by atoms with van der Waals surface area (Å²) in [5.41, 5.74) is 0.254. The van der Waals surface area contributed by atoms with Crippen LogP contribution in [0.1, 0.15) is 40.0 Å². The van der Waals surface area contributed by atoms with Gasteiger partial charge in [-0.25, -0.2) is 0 Å². The normalized spacial score (nSPS) is 19.2. The Balaban J connectivity index is 2.10. The van der Waals surface area contributed by atoms with Gasteiger partial charge in [0.1, 0.15) is 0 Å². The Labute approximate surface area is 76.1 Å². The van der Waals surface area contributed by atoms with Crippen LogP contribution in [0, 0.1) is 0 Å². The van der Waals surface area contributed by atoms with Crippen LogP contribution in [0.5, 0.6) is 0 Å². The van der Waals surface area contributed by atoms with Crippen molar-refractivity contribution in [3.05, 3.63) is 0 Å². The molecule has 1 aliphatic carbocycles. The third kappa shape index (κ3) is 3.11. The van der Waals surface area contributed by atoms with E-state index in [1.165, 1.54) is 19.3 Å². The van der Waals surface area contributed by atoms with Gasteiger partial charge >= 0.3 is 0 Å². The number of likely N-dealkylation sites (N-methyl/N-ethyl adjacent to an activating group) is 1. The van der Waals surface area contributed by atoms with Crippen molar-refractivity contribution in [2.45, 2.75) is 51.6 Å². The molecule has 0 aliphatic heterocycles. The first-order valence-corrected chi connectivity index (χ1v) is 5.12. The zero-order chi connectivity index (χ0) is 9.03. The number of nitrogens with one attached hydrogen (secondary N) is 2. The maximum atomic E-state index is 3.58. The molecule has 1 fully saturated rings. The molecule has 0 spiro atoms. The lowest BCUT2D eigenvalue weighted by Gasteiger charge is -2.32. The van der Waals surface area contributed by atoms with Crippen LogP contribution in [0.4, 0.5) is 0 Å². The van der Waals surface area contributed by atoms with Gasteiger partial charge in [-0.3, -0.25) is 0 Å². The Kier molecular flexibility index (Phi) is 3.53. The summed E-state index contributed by atoms with van der Waals surface area (Å²) in [7, 11) is 0. The second-order valence-electron chi connectivity index (χ2n) is 4.42. The minimum Gasteiger partial charge on any atom is -0.312 e. The molecule has 0 unspecified atom stereocenters. The fraction of sp³-hybridized carbons (Fsp3) is 1.00. The average molecular weight is 170 g/mol. The lowest BCUT2D eigenvalue weighted by atomic mass is 9.92. The van der Waals surface area contributed by atoms with E-state index in [1.807, 2.05) is 0 Å². The zero-order valence-corrected chi connectivity index (χ0v) is 8.61. The van der Waals surface area contributed by atoms with E-state index in [1.54, 1.807) is 0 Å². The molecule has 0 radical (unpaired) electrons. The molecule has 2 heteroatoms. The third-order valence-corrected chi connectivity index (χ3v) is 2.59. The van der Waals surface area contributed by atoms with Crippen molar-refractivity contribution in [2.24, 2.45) is 0 Å². The zero-order valence-electron chi connectivity index (χ0n) is 8.61. The molecule has 2 nitrogen and oxygen atoms in total. The molecular formula is C10H22N2. The van der Waals surface area contributed by atoms with Gasteiger partial charge < -0.3 is 10.6 Å². The van der Waals surface area contributed by atoms with Crippen LogP contribution in [0.2, 0.25) is 0 Å². The Morgan fingerprint density at radius 1 is 1.33 bits per heavy atom. The van der Waals surface area contributed by atoms with E-state index in [4.69, 9.17) is 0 Å². The molecule has 0 aromatic carbocycles. The van der Waals surface area contributed by atoms with Crippen LogP contribution in [0.25, 0.3) is 0 Å². The van der Waals surface area contributed by atoms with Gasteiger partial charge in [-0.05, 0) is 33.2 Å². The molecule has 0 saturated heterocycles. The largest absolute Gasteiger partial charge is 0.312 e. The lowest BCUT2D eigenvalue weighted by molar-refractivity contribution is 0.288. The van der Waals surface area contributed by atoms with Crippen molar-refractivity contribution in [1.82, 2.24) is 10.6 Å². The van der Waals surface area contributed by atoms with Crippen LogP contribution < -0.4 is 10.6 Å². The van der Waals surface area contributed by atoms with Crippen molar-refractivity contribution in [3.63, 3.8) is 0 Å². The monoisotopic (exact) mass is 170 g/mol. The topological polar surface area (TPSA) is 24.1 Å². The summed E-state index contributed by atoms with van der Waals surface area (Å²) < 4.78 is 0. The molecule has 1 rings (SSSR count). The maximum Gasteiger partial charge on any atom is 0.0249 e. The van der Waals surface area contributed by atoms with Crippen molar-refractivity contribution in [2.75, 3.05) is 13.1 Å². The number of rotatable bonds is 5. The summed E-state index contributed by atoms with van der Waals surface area (Å²) in [5, 5.41) is 7.04. The van der Waals surface area contributed by atoms with Gasteiger partial charge in [0.05, 0.1) is 0 Å². The molecule has 0 aromatic rings. The first-order chi connectivity index (χ1) is 5.64. The Morgan fingerprint density at radius 2 is 2.00 bits per heavy atom. The number of hydrogen-bond donors (Lipinski definition) is 2. The minimum absolute atomic E-state index is 0.254. The molecule has 2 N–H and O–H groups in total. The van der Waals surface area contributed by atoms with E-state index in [0.29, 0.717) is 0 Å². The highest BCUT2D eigenvalue weighted by molar-refractivity contribution is 4.84. The third-order valence-electron chi connectivity index (χ3n) is 2.59. The predicted octanol–water partition coefficient (Wildman–Crippen LogP) is 1.52. The molecule has 1 saturated carbocycles. The highest BCUT2D eigenvalue weighted by Crippen LogP contribution is 2.18. The van der Waals surface area contributed by atoms with Crippen molar-refractivity contribution in [1.29, 1.82) is 0 Å².